The van der Waals surface area contributed by atoms with Gasteiger partial charge in [-0.15, -0.1) is 0 Å². The van der Waals surface area contributed by atoms with E-state index in [0.29, 0.717) is 74.3 Å². The van der Waals surface area contributed by atoms with Crippen molar-refractivity contribution in [2.75, 3.05) is 63.3 Å². The van der Waals surface area contributed by atoms with Gasteiger partial charge in [0.15, 0.2) is 5.83 Å². The Morgan fingerprint density at radius 2 is 1.95 bits per heavy atom. The fraction of sp³-hybridized carbons (Fsp3) is 0.414. The molecule has 3 fully saturated rings. The number of amides is 1. The highest BCUT2D eigenvalue weighted by molar-refractivity contribution is 6.31. The van der Waals surface area contributed by atoms with Crippen LogP contribution in [0.25, 0.3) is 10.9 Å². The third-order valence-electron chi connectivity index (χ3n) is 7.45. The lowest BCUT2D eigenvalue weighted by Crippen LogP contribution is -2.36. The Balaban J connectivity index is 1.23. The molecular weight excluding hydrogens is 572 g/mol. The molecule has 0 bridgehead atoms. The zero-order chi connectivity index (χ0) is 29.1. The van der Waals surface area contributed by atoms with Gasteiger partial charge in [-0.05, 0) is 36.8 Å². The minimum atomic E-state index is -0.925. The van der Waals surface area contributed by atoms with Crippen LogP contribution in [0.2, 0.25) is 5.02 Å². The van der Waals surface area contributed by atoms with Gasteiger partial charge in [0.25, 0.3) is 5.91 Å². The lowest BCUT2D eigenvalue weighted by molar-refractivity contribution is -0.116. The van der Waals surface area contributed by atoms with Gasteiger partial charge in [0.05, 0.1) is 54.9 Å². The van der Waals surface area contributed by atoms with Crippen molar-refractivity contribution < 1.29 is 32.5 Å². The molecule has 6 rings (SSSR count). The Kier molecular flexibility index (Phi) is 8.77. The summed E-state index contributed by atoms with van der Waals surface area (Å²) in [6.07, 6.45) is 3.40. The number of anilines is 3. The van der Waals surface area contributed by atoms with Gasteiger partial charge in [-0.2, -0.15) is 0 Å². The van der Waals surface area contributed by atoms with E-state index in [2.05, 4.69) is 20.6 Å². The minimum absolute atomic E-state index is 0.0393. The number of carbonyl (C=O) groups is 1. The van der Waals surface area contributed by atoms with Crippen LogP contribution < -0.4 is 15.4 Å². The molecule has 3 aromatic rings. The Morgan fingerprint density at radius 3 is 2.69 bits per heavy atom. The predicted octanol–water partition coefficient (Wildman–Crippen LogP) is 4.47. The predicted molar refractivity (Wildman–Crippen MR) is 152 cm³/mol. The number of hydrogen-bond acceptors (Lipinski definition) is 9. The number of nitrogens with zero attached hydrogens (tertiary/aromatic N) is 3. The molecule has 2 aromatic carbocycles. The number of halogens is 3. The molecule has 0 aliphatic carbocycles. The monoisotopic (exact) mass is 601 g/mol. The van der Waals surface area contributed by atoms with Crippen molar-refractivity contribution in [1.82, 2.24) is 14.9 Å². The van der Waals surface area contributed by atoms with Crippen LogP contribution in [0.15, 0.2) is 48.6 Å². The van der Waals surface area contributed by atoms with Crippen LogP contribution in [-0.4, -0.2) is 85.7 Å². The SMILES string of the molecule is O=C(Nc1cc2c(Nc3ccc(F)c(Cl)c3)ncnc2cc1OC[C@H]1CCOC1)/C(F)=C/CN1CC2OCCO[C@H]2C1. The van der Waals surface area contributed by atoms with Crippen LogP contribution in [-0.2, 0) is 19.0 Å². The summed E-state index contributed by atoms with van der Waals surface area (Å²) >= 11 is 5.94. The summed E-state index contributed by atoms with van der Waals surface area (Å²) in [7, 11) is 0. The van der Waals surface area contributed by atoms with Crippen LogP contribution in [0.5, 0.6) is 5.75 Å². The number of carbonyl (C=O) groups excluding carboxylic acids is 1. The van der Waals surface area contributed by atoms with Gasteiger partial charge >= 0.3 is 0 Å². The Hall–Kier alpha value is -3.42. The molecule has 42 heavy (non-hydrogen) atoms. The smallest absolute Gasteiger partial charge is 0.284 e. The molecule has 13 heteroatoms. The number of likely N-dealkylation sites (tertiary alicyclic amines) is 1. The molecule has 3 aliphatic rings. The molecule has 1 aromatic heterocycles. The fourth-order valence-corrected chi connectivity index (χ4v) is 5.38. The van der Waals surface area contributed by atoms with Crippen molar-refractivity contribution in [3.8, 4) is 5.75 Å². The minimum Gasteiger partial charge on any atom is -0.491 e. The second-order valence-corrected chi connectivity index (χ2v) is 10.8. The van der Waals surface area contributed by atoms with Gasteiger partial charge in [0, 0.05) is 49.3 Å². The average molecular weight is 602 g/mol. The van der Waals surface area contributed by atoms with Gasteiger partial charge in [-0.3, -0.25) is 9.69 Å². The molecule has 3 aliphatic heterocycles. The fourth-order valence-electron chi connectivity index (χ4n) is 5.20. The van der Waals surface area contributed by atoms with Gasteiger partial charge in [0.2, 0.25) is 0 Å². The van der Waals surface area contributed by atoms with E-state index < -0.39 is 17.6 Å². The molecule has 0 spiro atoms. The Labute approximate surface area is 245 Å². The van der Waals surface area contributed by atoms with Crippen LogP contribution in [0.3, 0.4) is 0 Å². The Morgan fingerprint density at radius 1 is 1.14 bits per heavy atom. The highest BCUT2D eigenvalue weighted by atomic mass is 35.5. The van der Waals surface area contributed by atoms with Crippen molar-refractivity contribution in [2.45, 2.75) is 18.6 Å². The van der Waals surface area contributed by atoms with Crippen molar-refractivity contribution in [2.24, 2.45) is 5.92 Å². The largest absolute Gasteiger partial charge is 0.491 e. The normalized spacial score (nSPS) is 22.7. The van der Waals surface area contributed by atoms with Crippen LogP contribution >= 0.6 is 11.6 Å². The van der Waals surface area contributed by atoms with E-state index in [1.807, 2.05) is 4.90 Å². The summed E-state index contributed by atoms with van der Waals surface area (Å²) in [6, 6.07) is 7.48. The highest BCUT2D eigenvalue weighted by Crippen LogP contribution is 2.35. The maximum absolute atomic E-state index is 15.0. The summed E-state index contributed by atoms with van der Waals surface area (Å²) < 4.78 is 51.7. The molecular formula is C29H30ClF2N5O5. The summed E-state index contributed by atoms with van der Waals surface area (Å²) in [5.74, 6) is -1.47. The number of nitrogens with one attached hydrogen (secondary N) is 2. The van der Waals surface area contributed by atoms with Gasteiger partial charge in [-0.25, -0.2) is 18.7 Å². The first-order valence-electron chi connectivity index (χ1n) is 13.8. The lowest BCUT2D eigenvalue weighted by Gasteiger charge is -2.24. The molecule has 4 heterocycles. The number of fused-ring (bicyclic) bond motifs is 2. The number of ether oxygens (including phenoxy) is 4. The summed E-state index contributed by atoms with van der Waals surface area (Å²) in [5.41, 5.74) is 1.27. The quantitative estimate of drug-likeness (QED) is 0.344. The summed E-state index contributed by atoms with van der Waals surface area (Å²) in [5, 5.41) is 6.23. The van der Waals surface area contributed by atoms with E-state index in [1.54, 1.807) is 12.1 Å². The third kappa shape index (κ3) is 6.63. The number of hydrogen-bond donors (Lipinski definition) is 2. The molecule has 3 saturated heterocycles. The van der Waals surface area contributed by atoms with Crippen molar-refractivity contribution in [3.63, 3.8) is 0 Å². The lowest BCUT2D eigenvalue weighted by atomic mass is 10.1. The first-order chi connectivity index (χ1) is 20.4. The topological polar surface area (TPSA) is 107 Å². The molecule has 0 saturated carbocycles. The van der Waals surface area contributed by atoms with Crippen LogP contribution in [0, 0.1) is 11.7 Å². The second kappa shape index (κ2) is 12.8. The number of aromatic nitrogens is 2. The van der Waals surface area contributed by atoms with Crippen LogP contribution in [0.1, 0.15) is 6.42 Å². The third-order valence-corrected chi connectivity index (χ3v) is 7.74. The molecule has 222 valence electrons. The summed E-state index contributed by atoms with van der Waals surface area (Å²) in [4.78, 5) is 23.6. The molecule has 10 nitrogen and oxygen atoms in total. The van der Waals surface area contributed by atoms with Gasteiger partial charge < -0.3 is 29.6 Å². The van der Waals surface area contributed by atoms with Gasteiger partial charge in [0.1, 0.15) is 23.7 Å². The molecule has 0 radical (unpaired) electrons. The molecule has 3 atom stereocenters. The maximum atomic E-state index is 15.0. The number of rotatable bonds is 9. The standard InChI is InChI=1S/C29H30ClF2N5O5/c30-20-9-18(1-2-21(20)31)35-28-19-10-24(25(11-23(19)33-16-34-28)42-15-17-4-6-39-14-17)36-29(38)22(32)3-5-37-12-26-27(13-37)41-8-7-40-26/h1-3,9-11,16-17,26-27H,4-8,12-15H2,(H,36,38)(H,33,34,35)/b22-3-/t17-,26-,27?/m0/s1. The van der Waals surface area contributed by atoms with E-state index in [0.717, 1.165) is 6.42 Å². The van der Waals surface area contributed by atoms with E-state index in [-0.39, 0.29) is 35.4 Å². The van der Waals surface area contributed by atoms with Gasteiger partial charge in [-0.1, -0.05) is 11.6 Å². The molecule has 1 unspecified atom stereocenters. The van der Waals surface area contributed by atoms with Crippen molar-refractivity contribution >= 4 is 45.6 Å². The zero-order valence-corrected chi connectivity index (χ0v) is 23.4. The van der Waals surface area contributed by atoms with Crippen LogP contribution in [0.4, 0.5) is 26.0 Å². The Bertz CT molecular complexity index is 1470. The highest BCUT2D eigenvalue weighted by Gasteiger charge is 2.36. The van der Waals surface area contributed by atoms with Crippen molar-refractivity contribution in [3.05, 3.63) is 59.4 Å². The zero-order valence-electron chi connectivity index (χ0n) is 22.7. The number of benzene rings is 2. The van der Waals surface area contributed by atoms with E-state index in [1.165, 1.54) is 30.6 Å². The van der Waals surface area contributed by atoms with E-state index in [4.69, 9.17) is 30.5 Å². The van der Waals surface area contributed by atoms with E-state index >= 15 is 4.39 Å². The maximum Gasteiger partial charge on any atom is 0.284 e. The summed E-state index contributed by atoms with van der Waals surface area (Å²) in [6.45, 7) is 4.16. The molecule has 1 amide bonds. The average Bonchev–Trinajstić information content (AvgIpc) is 3.67. The second-order valence-electron chi connectivity index (χ2n) is 10.4. The molecule has 2 N–H and O–H groups in total. The first-order valence-corrected chi connectivity index (χ1v) is 14.1. The first kappa shape index (κ1) is 28.7. The van der Waals surface area contributed by atoms with E-state index in [9.17, 15) is 9.18 Å². The van der Waals surface area contributed by atoms with Crippen molar-refractivity contribution in [1.29, 1.82) is 0 Å².